The first kappa shape index (κ1) is 14.7. The van der Waals surface area contributed by atoms with E-state index >= 15 is 0 Å². The highest BCUT2D eigenvalue weighted by atomic mass is 16.4. The minimum absolute atomic E-state index is 0.0117. The molecule has 0 saturated carbocycles. The summed E-state index contributed by atoms with van der Waals surface area (Å²) in [6.07, 6.45) is 4.70. The van der Waals surface area contributed by atoms with Crippen LogP contribution in [0.4, 0.5) is 0 Å². The van der Waals surface area contributed by atoms with E-state index in [-0.39, 0.29) is 11.9 Å². The maximum atomic E-state index is 13.0. The highest BCUT2D eigenvalue weighted by Gasteiger charge is 2.29. The molecular formula is C17H18N4O3. The van der Waals surface area contributed by atoms with Gasteiger partial charge in [-0.05, 0) is 43.5 Å². The summed E-state index contributed by atoms with van der Waals surface area (Å²) in [5.41, 5.74) is 2.63. The van der Waals surface area contributed by atoms with Gasteiger partial charge in [0.2, 0.25) is 0 Å². The molecule has 1 atom stereocenters. The Bertz CT molecular complexity index is 939. The highest BCUT2D eigenvalue weighted by molar-refractivity contribution is 5.97. The zero-order chi connectivity index (χ0) is 16.7. The van der Waals surface area contributed by atoms with Crippen molar-refractivity contribution in [1.82, 2.24) is 19.7 Å². The summed E-state index contributed by atoms with van der Waals surface area (Å²) in [7, 11) is 1.64. The summed E-state index contributed by atoms with van der Waals surface area (Å²) >= 11 is 0. The number of nitrogens with zero attached hydrogens (tertiary/aromatic N) is 3. The van der Waals surface area contributed by atoms with Gasteiger partial charge in [0.15, 0.2) is 5.58 Å². The van der Waals surface area contributed by atoms with E-state index in [1.165, 1.54) is 4.57 Å². The molecule has 1 N–H and O–H groups in total. The average Bonchev–Trinajstić information content (AvgIpc) is 3.23. The molecule has 0 aliphatic carbocycles. The van der Waals surface area contributed by atoms with Crippen molar-refractivity contribution >= 4 is 17.0 Å². The first-order valence-electron chi connectivity index (χ1n) is 8.05. The number of H-pyrrole nitrogens is 1. The lowest BCUT2D eigenvalue weighted by molar-refractivity contribution is 0.0606. The topological polar surface area (TPSA) is 84.1 Å². The van der Waals surface area contributed by atoms with Crippen molar-refractivity contribution in [3.63, 3.8) is 0 Å². The lowest BCUT2D eigenvalue weighted by Gasteiger charge is -2.35. The Morgan fingerprint density at radius 1 is 1.33 bits per heavy atom. The van der Waals surface area contributed by atoms with Gasteiger partial charge in [-0.15, -0.1) is 0 Å². The number of carbonyl (C=O) groups is 1. The summed E-state index contributed by atoms with van der Waals surface area (Å²) in [6.45, 7) is 0.713. The molecule has 1 fully saturated rings. The van der Waals surface area contributed by atoms with Gasteiger partial charge >= 0.3 is 5.76 Å². The zero-order valence-corrected chi connectivity index (χ0v) is 13.4. The Labute approximate surface area is 137 Å². The standard InChI is InChI=1S/C17H18N4O3/c1-20-14-10-11(5-6-15(14)24-17(20)23)16(22)21-9-3-2-4-13(21)12-7-8-18-19-12/h5-8,10,13H,2-4,9H2,1H3,(H,18,19). The lowest BCUT2D eigenvalue weighted by Crippen LogP contribution is -2.38. The van der Waals surface area contributed by atoms with Crippen molar-refractivity contribution < 1.29 is 9.21 Å². The van der Waals surface area contributed by atoms with Crippen molar-refractivity contribution in [2.45, 2.75) is 25.3 Å². The molecule has 24 heavy (non-hydrogen) atoms. The first-order valence-corrected chi connectivity index (χ1v) is 8.05. The summed E-state index contributed by atoms with van der Waals surface area (Å²) in [4.78, 5) is 26.5. The van der Waals surface area contributed by atoms with Crippen LogP contribution < -0.4 is 5.76 Å². The second-order valence-corrected chi connectivity index (χ2v) is 6.13. The molecule has 3 aromatic rings. The van der Waals surface area contributed by atoms with Gasteiger partial charge in [0.1, 0.15) is 0 Å². The third-order valence-electron chi connectivity index (χ3n) is 4.68. The number of aromatic amines is 1. The van der Waals surface area contributed by atoms with Gasteiger partial charge < -0.3 is 9.32 Å². The molecule has 1 amide bonds. The number of amides is 1. The molecule has 7 heteroatoms. The molecule has 2 aromatic heterocycles. The zero-order valence-electron chi connectivity index (χ0n) is 13.4. The number of hydrogen-bond acceptors (Lipinski definition) is 4. The number of benzene rings is 1. The number of carbonyl (C=O) groups excluding carboxylic acids is 1. The van der Waals surface area contributed by atoms with Gasteiger partial charge in [0.05, 0.1) is 17.3 Å². The SMILES string of the molecule is Cn1c(=O)oc2ccc(C(=O)N3CCCCC3c3ccn[nH]3)cc21. The Hall–Kier alpha value is -2.83. The molecule has 1 aliphatic heterocycles. The van der Waals surface area contributed by atoms with Gasteiger partial charge in [-0.25, -0.2) is 4.79 Å². The Morgan fingerprint density at radius 3 is 3.00 bits per heavy atom. The quantitative estimate of drug-likeness (QED) is 0.782. The van der Waals surface area contributed by atoms with Crippen LogP contribution in [-0.4, -0.2) is 32.1 Å². The molecule has 124 valence electrons. The van der Waals surface area contributed by atoms with Crippen LogP contribution in [0, 0.1) is 0 Å². The third kappa shape index (κ3) is 2.33. The molecule has 0 bridgehead atoms. The van der Waals surface area contributed by atoms with Crippen LogP contribution in [0.1, 0.15) is 41.4 Å². The van der Waals surface area contributed by atoms with Crippen LogP contribution in [0.5, 0.6) is 0 Å². The summed E-state index contributed by atoms with van der Waals surface area (Å²) in [5.74, 6) is -0.465. The Kier molecular flexibility index (Phi) is 3.48. The maximum Gasteiger partial charge on any atom is 0.419 e. The minimum atomic E-state index is -0.428. The summed E-state index contributed by atoms with van der Waals surface area (Å²) in [5, 5.41) is 6.99. The number of aromatic nitrogens is 3. The average molecular weight is 326 g/mol. The smallest absolute Gasteiger partial charge is 0.408 e. The van der Waals surface area contributed by atoms with E-state index in [0.29, 0.717) is 23.2 Å². The fraction of sp³-hybridized carbons (Fsp3) is 0.353. The Balaban J connectivity index is 1.71. The fourth-order valence-electron chi connectivity index (χ4n) is 3.38. The number of aryl methyl sites for hydroxylation is 1. The van der Waals surface area contributed by atoms with E-state index in [2.05, 4.69) is 10.2 Å². The van der Waals surface area contributed by atoms with E-state index in [0.717, 1.165) is 25.0 Å². The normalized spacial score (nSPS) is 18.2. The van der Waals surface area contributed by atoms with Crippen molar-refractivity contribution in [3.8, 4) is 0 Å². The van der Waals surface area contributed by atoms with Gasteiger partial charge in [-0.1, -0.05) is 0 Å². The monoisotopic (exact) mass is 326 g/mol. The molecule has 0 spiro atoms. The number of fused-ring (bicyclic) bond motifs is 1. The van der Waals surface area contributed by atoms with E-state index in [1.807, 2.05) is 11.0 Å². The summed E-state index contributed by atoms with van der Waals surface area (Å²) in [6, 6.07) is 7.05. The molecule has 1 unspecified atom stereocenters. The molecule has 4 rings (SSSR count). The number of nitrogens with one attached hydrogen (secondary N) is 1. The van der Waals surface area contributed by atoms with E-state index in [1.54, 1.807) is 31.4 Å². The van der Waals surface area contributed by atoms with E-state index < -0.39 is 5.76 Å². The summed E-state index contributed by atoms with van der Waals surface area (Å²) < 4.78 is 6.54. The van der Waals surface area contributed by atoms with Crippen LogP contribution in [0.25, 0.3) is 11.1 Å². The minimum Gasteiger partial charge on any atom is -0.408 e. The van der Waals surface area contributed by atoms with Gasteiger partial charge in [-0.2, -0.15) is 5.10 Å². The number of rotatable bonds is 2. The van der Waals surface area contributed by atoms with E-state index in [9.17, 15) is 9.59 Å². The van der Waals surface area contributed by atoms with Crippen LogP contribution in [0.2, 0.25) is 0 Å². The molecular weight excluding hydrogens is 308 g/mol. The Morgan fingerprint density at radius 2 is 2.21 bits per heavy atom. The van der Waals surface area contributed by atoms with Crippen LogP contribution >= 0.6 is 0 Å². The van der Waals surface area contributed by atoms with Crippen molar-refractivity contribution in [3.05, 3.63) is 52.3 Å². The van der Waals surface area contributed by atoms with Crippen molar-refractivity contribution in [2.24, 2.45) is 7.05 Å². The largest absolute Gasteiger partial charge is 0.419 e. The van der Waals surface area contributed by atoms with Gasteiger partial charge in [0.25, 0.3) is 5.91 Å². The highest BCUT2D eigenvalue weighted by Crippen LogP contribution is 2.31. The lowest BCUT2D eigenvalue weighted by atomic mass is 9.98. The van der Waals surface area contributed by atoms with Crippen LogP contribution in [0.15, 0.2) is 39.7 Å². The number of likely N-dealkylation sites (tertiary alicyclic amines) is 1. The van der Waals surface area contributed by atoms with Gasteiger partial charge in [-0.3, -0.25) is 14.5 Å². The predicted molar refractivity (Wildman–Crippen MR) is 87.7 cm³/mol. The predicted octanol–water partition coefficient (Wildman–Crippen LogP) is 2.22. The van der Waals surface area contributed by atoms with Crippen molar-refractivity contribution in [1.29, 1.82) is 0 Å². The van der Waals surface area contributed by atoms with E-state index in [4.69, 9.17) is 4.42 Å². The maximum absolute atomic E-state index is 13.0. The number of oxazole rings is 1. The molecule has 1 aromatic carbocycles. The molecule has 1 aliphatic rings. The molecule has 7 nitrogen and oxygen atoms in total. The molecule has 1 saturated heterocycles. The van der Waals surface area contributed by atoms with Crippen molar-refractivity contribution in [2.75, 3.05) is 6.54 Å². The number of piperidine rings is 1. The first-order chi connectivity index (χ1) is 11.6. The molecule has 0 radical (unpaired) electrons. The number of hydrogen-bond donors (Lipinski definition) is 1. The second-order valence-electron chi connectivity index (χ2n) is 6.13. The van der Waals surface area contributed by atoms with Crippen LogP contribution in [0.3, 0.4) is 0 Å². The van der Waals surface area contributed by atoms with Gasteiger partial charge in [0, 0.05) is 25.4 Å². The third-order valence-corrected chi connectivity index (χ3v) is 4.68. The second kappa shape index (κ2) is 5.67. The fourth-order valence-corrected chi connectivity index (χ4v) is 3.38. The molecule has 3 heterocycles. The van der Waals surface area contributed by atoms with Crippen LogP contribution in [-0.2, 0) is 7.05 Å².